The molecular formula is C24H31N3O4S. The number of carbonyl (C=O) groups is 2. The molecule has 32 heavy (non-hydrogen) atoms. The number of nitrogens with one attached hydrogen (secondary N) is 1. The molecule has 0 radical (unpaired) electrons. The van der Waals surface area contributed by atoms with Crippen LogP contribution < -0.4 is 10.1 Å². The lowest BCUT2D eigenvalue weighted by Gasteiger charge is -2.27. The first kappa shape index (κ1) is 24.0. The van der Waals surface area contributed by atoms with Crippen LogP contribution in [0.2, 0.25) is 0 Å². The number of thioether (sulfide) groups is 1. The van der Waals surface area contributed by atoms with Crippen LogP contribution in [0.4, 0.5) is 4.79 Å². The van der Waals surface area contributed by atoms with Gasteiger partial charge in [0.05, 0.1) is 37.6 Å². The van der Waals surface area contributed by atoms with E-state index in [1.165, 1.54) is 11.8 Å². The number of hydrogen-bond acceptors (Lipinski definition) is 6. The maximum Gasteiger partial charge on any atom is 0.410 e. The monoisotopic (exact) mass is 457 g/mol. The molecule has 0 fully saturated rings. The maximum absolute atomic E-state index is 13.1. The van der Waals surface area contributed by atoms with E-state index >= 15 is 0 Å². The predicted octanol–water partition coefficient (Wildman–Crippen LogP) is 4.19. The summed E-state index contributed by atoms with van der Waals surface area (Å²) in [6.45, 7) is 9.00. The molecule has 0 saturated carbocycles. The molecule has 1 aromatic carbocycles. The second kappa shape index (κ2) is 10.3. The molecule has 0 saturated heterocycles. The van der Waals surface area contributed by atoms with Crippen molar-refractivity contribution in [3.8, 4) is 11.8 Å². The molecule has 2 aliphatic rings. The van der Waals surface area contributed by atoms with Crippen molar-refractivity contribution in [2.75, 3.05) is 26.8 Å². The van der Waals surface area contributed by atoms with E-state index in [-0.39, 0.29) is 35.1 Å². The average molecular weight is 458 g/mol. The fraction of sp³-hybridized carbons (Fsp3) is 0.542. The largest absolute Gasteiger partial charge is 0.496 e. The molecule has 1 N–H and O–H groups in total. The molecule has 172 valence electrons. The first-order valence-corrected chi connectivity index (χ1v) is 11.8. The van der Waals surface area contributed by atoms with E-state index in [9.17, 15) is 14.9 Å². The van der Waals surface area contributed by atoms with Gasteiger partial charge in [0.1, 0.15) is 5.75 Å². The molecule has 0 spiro atoms. The van der Waals surface area contributed by atoms with E-state index < -0.39 is 0 Å². The molecule has 2 amide bonds. The summed E-state index contributed by atoms with van der Waals surface area (Å²) >= 11 is 1.48. The first-order valence-electron chi connectivity index (χ1n) is 10.9. The van der Waals surface area contributed by atoms with Gasteiger partial charge in [0.25, 0.3) is 0 Å². The highest BCUT2D eigenvalue weighted by atomic mass is 32.2. The Hall–Kier alpha value is -2.66. The van der Waals surface area contributed by atoms with Gasteiger partial charge in [0, 0.05) is 17.4 Å². The smallest absolute Gasteiger partial charge is 0.410 e. The summed E-state index contributed by atoms with van der Waals surface area (Å²) < 4.78 is 10.6. The summed E-state index contributed by atoms with van der Waals surface area (Å²) in [5.74, 6) is -0.0812. The van der Waals surface area contributed by atoms with Crippen LogP contribution in [0.25, 0.3) is 0 Å². The van der Waals surface area contributed by atoms with Gasteiger partial charge >= 0.3 is 6.09 Å². The van der Waals surface area contributed by atoms with Gasteiger partial charge in [-0.15, -0.1) is 11.8 Å². The summed E-state index contributed by atoms with van der Waals surface area (Å²) in [4.78, 5) is 27.9. The molecule has 0 aliphatic carbocycles. The number of aryl methyl sites for hydroxylation is 1. The van der Waals surface area contributed by atoms with Crippen LogP contribution in [0.1, 0.15) is 44.2 Å². The van der Waals surface area contributed by atoms with Crippen molar-refractivity contribution in [1.82, 2.24) is 10.2 Å². The lowest BCUT2D eigenvalue weighted by Crippen LogP contribution is -2.40. The van der Waals surface area contributed by atoms with E-state index in [1.54, 1.807) is 18.9 Å². The lowest BCUT2D eigenvalue weighted by molar-refractivity contribution is -0.125. The number of hydrogen-bond donors (Lipinski definition) is 1. The molecule has 2 heterocycles. The van der Waals surface area contributed by atoms with E-state index in [1.807, 2.05) is 32.9 Å². The van der Waals surface area contributed by atoms with E-state index in [4.69, 9.17) is 9.47 Å². The van der Waals surface area contributed by atoms with Gasteiger partial charge in [-0.05, 0) is 43.4 Å². The van der Waals surface area contributed by atoms with E-state index in [0.29, 0.717) is 26.1 Å². The van der Waals surface area contributed by atoms with Gasteiger partial charge < -0.3 is 19.7 Å². The van der Waals surface area contributed by atoms with Crippen molar-refractivity contribution in [3.63, 3.8) is 0 Å². The van der Waals surface area contributed by atoms with Crippen molar-refractivity contribution in [2.24, 2.45) is 11.8 Å². The van der Waals surface area contributed by atoms with Crippen molar-refractivity contribution < 1.29 is 19.1 Å². The summed E-state index contributed by atoms with van der Waals surface area (Å²) in [6, 6.07) is 8.34. The number of nitriles is 1. The topological polar surface area (TPSA) is 91.7 Å². The van der Waals surface area contributed by atoms with E-state index in [2.05, 4.69) is 17.5 Å². The number of rotatable bonds is 6. The standard InChI is InChI=1S/C24H31N3O4S/c1-6-31-24(29)27-10-9-17-19(12-25)23(32-21(17)13-27)26-22(28)16(4)15(3)18-11-14(2)7-8-20(18)30-5/h7-8,11,15-16,19,23H,6,9-10,13H2,1-5H3,(H,26,28). The van der Waals surface area contributed by atoms with Gasteiger partial charge in [0.2, 0.25) is 5.91 Å². The Morgan fingerprint density at radius 1 is 1.38 bits per heavy atom. The predicted molar refractivity (Wildman–Crippen MR) is 124 cm³/mol. The molecule has 4 unspecified atom stereocenters. The molecule has 0 bridgehead atoms. The Labute approximate surface area is 194 Å². The summed E-state index contributed by atoms with van der Waals surface area (Å²) in [5, 5.41) is 12.5. The molecular weight excluding hydrogens is 426 g/mol. The number of methoxy groups -OCH3 is 1. The average Bonchev–Trinajstić information content (AvgIpc) is 3.14. The van der Waals surface area contributed by atoms with Gasteiger partial charge in [-0.1, -0.05) is 31.5 Å². The molecule has 4 atom stereocenters. The normalized spacial score (nSPS) is 21.9. The minimum absolute atomic E-state index is 0.0568. The molecule has 0 aromatic heterocycles. The van der Waals surface area contributed by atoms with Gasteiger partial charge in [-0.3, -0.25) is 4.79 Å². The van der Waals surface area contributed by atoms with Crippen LogP contribution in [-0.2, 0) is 9.53 Å². The lowest BCUT2D eigenvalue weighted by atomic mass is 9.86. The number of benzene rings is 1. The molecule has 1 aromatic rings. The second-order valence-electron chi connectivity index (χ2n) is 8.30. The van der Waals surface area contributed by atoms with Gasteiger partial charge in [0.15, 0.2) is 0 Å². The van der Waals surface area contributed by atoms with Crippen molar-refractivity contribution in [2.45, 2.75) is 45.4 Å². The minimum Gasteiger partial charge on any atom is -0.496 e. The van der Waals surface area contributed by atoms with Crippen LogP contribution in [0.5, 0.6) is 5.75 Å². The van der Waals surface area contributed by atoms with Gasteiger partial charge in [-0.2, -0.15) is 5.26 Å². The Kier molecular flexibility index (Phi) is 7.73. The molecule has 3 rings (SSSR count). The molecule has 7 nitrogen and oxygen atoms in total. The fourth-order valence-corrected chi connectivity index (χ4v) is 5.65. The van der Waals surface area contributed by atoms with Crippen molar-refractivity contribution in [3.05, 3.63) is 39.8 Å². The minimum atomic E-state index is -0.390. The number of ether oxygens (including phenoxy) is 2. The summed E-state index contributed by atoms with van der Waals surface area (Å²) in [6.07, 6.45) is 0.285. The summed E-state index contributed by atoms with van der Waals surface area (Å²) in [7, 11) is 1.63. The van der Waals surface area contributed by atoms with Crippen molar-refractivity contribution in [1.29, 1.82) is 5.26 Å². The highest BCUT2D eigenvalue weighted by Gasteiger charge is 2.41. The van der Waals surface area contributed by atoms with Crippen LogP contribution >= 0.6 is 11.8 Å². The second-order valence-corrected chi connectivity index (χ2v) is 9.53. The third-order valence-electron chi connectivity index (χ3n) is 6.28. The zero-order valence-electron chi connectivity index (χ0n) is 19.3. The third-order valence-corrected chi connectivity index (χ3v) is 7.60. The summed E-state index contributed by atoms with van der Waals surface area (Å²) in [5.41, 5.74) is 3.14. The Balaban J connectivity index is 1.69. The third kappa shape index (κ3) is 4.88. The highest BCUT2D eigenvalue weighted by molar-refractivity contribution is 8.04. The molecule has 2 aliphatic heterocycles. The SMILES string of the molecule is CCOC(=O)N1CCC2=C(C1)SC(NC(=O)C(C)C(C)c1cc(C)ccc1OC)C2C#N. The first-order chi connectivity index (χ1) is 15.3. The number of amides is 2. The Morgan fingerprint density at radius 3 is 2.78 bits per heavy atom. The highest BCUT2D eigenvalue weighted by Crippen LogP contribution is 2.45. The zero-order chi connectivity index (χ0) is 23.4. The fourth-order valence-electron chi connectivity index (χ4n) is 4.20. The number of nitrogens with zero attached hydrogens (tertiary/aromatic N) is 2. The quantitative estimate of drug-likeness (QED) is 0.689. The van der Waals surface area contributed by atoms with Crippen LogP contribution in [0.3, 0.4) is 0 Å². The maximum atomic E-state index is 13.1. The van der Waals surface area contributed by atoms with Crippen LogP contribution in [0.15, 0.2) is 28.7 Å². The van der Waals surface area contributed by atoms with E-state index in [0.717, 1.165) is 27.4 Å². The molecule has 8 heteroatoms. The van der Waals surface area contributed by atoms with Crippen molar-refractivity contribution >= 4 is 23.8 Å². The zero-order valence-corrected chi connectivity index (χ0v) is 20.1. The number of carbonyl (C=O) groups excluding carboxylic acids is 2. The van der Waals surface area contributed by atoms with Crippen LogP contribution in [0, 0.1) is 30.1 Å². The van der Waals surface area contributed by atoms with Crippen LogP contribution in [-0.4, -0.2) is 49.1 Å². The van der Waals surface area contributed by atoms with Gasteiger partial charge in [-0.25, -0.2) is 4.79 Å². The Morgan fingerprint density at radius 2 is 2.12 bits per heavy atom. The Bertz CT molecular complexity index is 955.